The maximum absolute atomic E-state index is 5.47. The molecule has 2 fully saturated rings. The monoisotopic (exact) mass is 277 g/mol. The first kappa shape index (κ1) is 14.1. The van der Waals surface area contributed by atoms with Crippen LogP contribution in [-0.4, -0.2) is 47.3 Å². The van der Waals surface area contributed by atoms with Crippen LogP contribution in [0, 0.1) is 12.8 Å². The summed E-state index contributed by atoms with van der Waals surface area (Å²) in [6.07, 6.45) is 7.21. The van der Waals surface area contributed by atoms with Crippen molar-refractivity contribution in [1.82, 2.24) is 14.5 Å². The van der Waals surface area contributed by atoms with Crippen molar-refractivity contribution in [2.24, 2.45) is 13.0 Å². The zero-order chi connectivity index (χ0) is 13.9. The van der Waals surface area contributed by atoms with Gasteiger partial charge in [-0.2, -0.15) is 0 Å². The SMILES string of the molecule is Cc1cn(C)c([C@@H]2CCCN(CC3CCOCC3)C2)n1. The van der Waals surface area contributed by atoms with Gasteiger partial charge in [0.15, 0.2) is 0 Å². The van der Waals surface area contributed by atoms with E-state index in [1.165, 1.54) is 51.1 Å². The van der Waals surface area contributed by atoms with E-state index in [-0.39, 0.29) is 0 Å². The largest absolute Gasteiger partial charge is 0.381 e. The predicted molar refractivity (Wildman–Crippen MR) is 79.9 cm³/mol. The number of aryl methyl sites for hydroxylation is 2. The third-order valence-corrected chi connectivity index (χ3v) is 4.76. The smallest absolute Gasteiger partial charge is 0.113 e. The summed E-state index contributed by atoms with van der Waals surface area (Å²) >= 11 is 0. The van der Waals surface area contributed by atoms with Crippen LogP contribution in [0.1, 0.15) is 43.1 Å². The van der Waals surface area contributed by atoms with E-state index in [9.17, 15) is 0 Å². The summed E-state index contributed by atoms with van der Waals surface area (Å²) in [5.74, 6) is 2.73. The van der Waals surface area contributed by atoms with Gasteiger partial charge in [-0.25, -0.2) is 4.98 Å². The number of hydrogen-bond acceptors (Lipinski definition) is 3. The second kappa shape index (κ2) is 6.27. The molecule has 1 atom stereocenters. The summed E-state index contributed by atoms with van der Waals surface area (Å²) in [5.41, 5.74) is 1.14. The molecule has 2 aliphatic heterocycles. The van der Waals surface area contributed by atoms with Crippen LogP contribution in [0.3, 0.4) is 0 Å². The minimum atomic E-state index is 0.613. The van der Waals surface area contributed by atoms with Gasteiger partial charge in [0.05, 0.1) is 5.69 Å². The quantitative estimate of drug-likeness (QED) is 0.849. The highest BCUT2D eigenvalue weighted by Crippen LogP contribution is 2.27. The van der Waals surface area contributed by atoms with Gasteiger partial charge < -0.3 is 14.2 Å². The maximum Gasteiger partial charge on any atom is 0.113 e. The van der Waals surface area contributed by atoms with Crippen molar-refractivity contribution >= 4 is 0 Å². The van der Waals surface area contributed by atoms with Crippen LogP contribution >= 0.6 is 0 Å². The molecular weight excluding hydrogens is 250 g/mol. The highest BCUT2D eigenvalue weighted by atomic mass is 16.5. The average Bonchev–Trinajstić information content (AvgIpc) is 2.79. The lowest BCUT2D eigenvalue weighted by Crippen LogP contribution is -2.39. The van der Waals surface area contributed by atoms with Gasteiger partial charge >= 0.3 is 0 Å². The van der Waals surface area contributed by atoms with Crippen molar-refractivity contribution in [2.45, 2.75) is 38.5 Å². The molecule has 4 nitrogen and oxygen atoms in total. The van der Waals surface area contributed by atoms with Crippen molar-refractivity contribution in [3.8, 4) is 0 Å². The fourth-order valence-electron chi connectivity index (χ4n) is 3.74. The van der Waals surface area contributed by atoms with Crippen molar-refractivity contribution < 1.29 is 4.74 Å². The van der Waals surface area contributed by atoms with Gasteiger partial charge in [0, 0.05) is 45.5 Å². The molecule has 0 saturated carbocycles. The molecule has 0 unspecified atom stereocenters. The minimum Gasteiger partial charge on any atom is -0.381 e. The second-order valence-corrected chi connectivity index (χ2v) is 6.51. The molecule has 0 bridgehead atoms. The first-order valence-corrected chi connectivity index (χ1v) is 8.02. The van der Waals surface area contributed by atoms with Gasteiger partial charge in [-0.05, 0) is 45.1 Å². The first-order valence-electron chi connectivity index (χ1n) is 8.02. The highest BCUT2D eigenvalue weighted by molar-refractivity contribution is 5.08. The van der Waals surface area contributed by atoms with E-state index in [0.717, 1.165) is 24.8 Å². The molecule has 3 heterocycles. The van der Waals surface area contributed by atoms with Gasteiger partial charge in [-0.3, -0.25) is 0 Å². The summed E-state index contributed by atoms with van der Waals surface area (Å²) < 4.78 is 7.69. The zero-order valence-corrected chi connectivity index (χ0v) is 12.8. The number of hydrogen-bond donors (Lipinski definition) is 0. The summed E-state index contributed by atoms with van der Waals surface area (Å²) in [5, 5.41) is 0. The molecule has 2 aliphatic rings. The van der Waals surface area contributed by atoms with Crippen molar-refractivity contribution in [3.05, 3.63) is 17.7 Å². The number of aromatic nitrogens is 2. The second-order valence-electron chi connectivity index (χ2n) is 6.51. The number of nitrogens with zero attached hydrogens (tertiary/aromatic N) is 3. The van der Waals surface area contributed by atoms with Crippen molar-refractivity contribution in [2.75, 3.05) is 32.8 Å². The third-order valence-electron chi connectivity index (χ3n) is 4.76. The Bertz CT molecular complexity index is 437. The van der Waals surface area contributed by atoms with Crippen LogP contribution in [0.25, 0.3) is 0 Å². The standard InChI is InChI=1S/C16H27N3O/c1-13-10-18(2)16(17-13)15-4-3-7-19(12-15)11-14-5-8-20-9-6-14/h10,14-15H,3-9,11-12H2,1-2H3/t15-/m1/s1. The minimum absolute atomic E-state index is 0.613. The lowest BCUT2D eigenvalue weighted by molar-refractivity contribution is 0.0480. The van der Waals surface area contributed by atoms with E-state index in [4.69, 9.17) is 9.72 Å². The van der Waals surface area contributed by atoms with E-state index in [1.54, 1.807) is 0 Å². The van der Waals surface area contributed by atoms with Crippen LogP contribution in [0.15, 0.2) is 6.20 Å². The van der Waals surface area contributed by atoms with E-state index < -0.39 is 0 Å². The summed E-state index contributed by atoms with van der Waals surface area (Å²) in [6.45, 7) is 7.70. The number of ether oxygens (including phenoxy) is 1. The van der Waals surface area contributed by atoms with Crippen molar-refractivity contribution in [3.63, 3.8) is 0 Å². The number of imidazole rings is 1. The highest BCUT2D eigenvalue weighted by Gasteiger charge is 2.26. The Hall–Kier alpha value is -0.870. The Kier molecular flexibility index (Phi) is 4.41. The van der Waals surface area contributed by atoms with E-state index in [1.807, 2.05) is 0 Å². The lowest BCUT2D eigenvalue weighted by Gasteiger charge is -2.35. The Morgan fingerprint density at radius 3 is 2.80 bits per heavy atom. The molecular formula is C16H27N3O. The molecule has 0 amide bonds. The third kappa shape index (κ3) is 3.23. The molecule has 4 heteroatoms. The number of piperidine rings is 1. The molecule has 0 N–H and O–H groups in total. The van der Waals surface area contributed by atoms with Crippen molar-refractivity contribution in [1.29, 1.82) is 0 Å². The molecule has 2 saturated heterocycles. The Morgan fingerprint density at radius 2 is 2.10 bits per heavy atom. The Labute approximate surface area is 122 Å². The van der Waals surface area contributed by atoms with E-state index in [2.05, 4.69) is 29.6 Å². The van der Waals surface area contributed by atoms with Gasteiger partial charge in [0.2, 0.25) is 0 Å². The first-order chi connectivity index (χ1) is 9.72. The molecule has 1 aromatic heterocycles. The normalized spacial score (nSPS) is 26.0. The predicted octanol–water partition coefficient (Wildman–Crippen LogP) is 2.33. The fourth-order valence-corrected chi connectivity index (χ4v) is 3.74. The molecule has 0 aromatic carbocycles. The van der Waals surface area contributed by atoms with E-state index >= 15 is 0 Å². The molecule has 0 radical (unpaired) electrons. The lowest BCUT2D eigenvalue weighted by atomic mass is 9.94. The number of likely N-dealkylation sites (tertiary alicyclic amines) is 1. The molecule has 3 rings (SSSR count). The van der Waals surface area contributed by atoms with Crippen LogP contribution in [-0.2, 0) is 11.8 Å². The Balaban J connectivity index is 1.59. The average molecular weight is 277 g/mol. The fraction of sp³-hybridized carbons (Fsp3) is 0.812. The van der Waals surface area contributed by atoms with Gasteiger partial charge in [0.25, 0.3) is 0 Å². The topological polar surface area (TPSA) is 30.3 Å². The van der Waals surface area contributed by atoms with E-state index in [0.29, 0.717) is 5.92 Å². The summed E-state index contributed by atoms with van der Waals surface area (Å²) in [4.78, 5) is 7.39. The zero-order valence-electron chi connectivity index (χ0n) is 12.8. The van der Waals surface area contributed by atoms with Gasteiger partial charge in [-0.1, -0.05) is 0 Å². The van der Waals surface area contributed by atoms with Crippen LogP contribution < -0.4 is 0 Å². The summed E-state index contributed by atoms with van der Waals surface area (Å²) in [6, 6.07) is 0. The molecule has 112 valence electrons. The molecule has 0 aliphatic carbocycles. The van der Waals surface area contributed by atoms with Gasteiger partial charge in [0.1, 0.15) is 5.82 Å². The molecule has 0 spiro atoms. The van der Waals surface area contributed by atoms with Crippen LogP contribution in [0.5, 0.6) is 0 Å². The molecule has 20 heavy (non-hydrogen) atoms. The summed E-state index contributed by atoms with van der Waals surface area (Å²) in [7, 11) is 2.13. The Morgan fingerprint density at radius 1 is 1.30 bits per heavy atom. The number of rotatable bonds is 3. The maximum atomic E-state index is 5.47. The molecule has 1 aromatic rings. The van der Waals surface area contributed by atoms with Gasteiger partial charge in [-0.15, -0.1) is 0 Å². The van der Waals surface area contributed by atoms with Crippen LogP contribution in [0.2, 0.25) is 0 Å². The van der Waals surface area contributed by atoms with Crippen LogP contribution in [0.4, 0.5) is 0 Å².